The van der Waals surface area contributed by atoms with Crippen molar-refractivity contribution < 1.29 is 15.0 Å². The summed E-state index contributed by atoms with van der Waals surface area (Å²) >= 11 is 1.41. The van der Waals surface area contributed by atoms with Gasteiger partial charge in [0.05, 0.1) is 4.70 Å². The quantitative estimate of drug-likeness (QED) is 0.726. The fourth-order valence-corrected chi connectivity index (χ4v) is 1.84. The molecular formula is C8H5NO3S. The fraction of sp³-hybridized carbons (Fsp3) is 0. The molecule has 2 rings (SSSR count). The molecule has 66 valence electrons. The molecule has 0 radical (unpaired) electrons. The number of fused-ring (bicyclic) bond motifs is 1. The van der Waals surface area contributed by atoms with Crippen LogP contribution in [0.1, 0.15) is 10.5 Å². The van der Waals surface area contributed by atoms with Gasteiger partial charge in [-0.15, -0.1) is 11.3 Å². The average molecular weight is 195 g/mol. The monoisotopic (exact) mass is 195 g/mol. The maximum Gasteiger partial charge on any atom is 0.358 e. The zero-order chi connectivity index (χ0) is 9.42. The number of hydrogen-bond acceptors (Lipinski definition) is 4. The highest BCUT2D eigenvalue weighted by Gasteiger charge is 2.14. The van der Waals surface area contributed by atoms with Gasteiger partial charge in [-0.25, -0.2) is 9.78 Å². The smallest absolute Gasteiger partial charge is 0.358 e. The van der Waals surface area contributed by atoms with Gasteiger partial charge in [0.25, 0.3) is 0 Å². The molecular weight excluding hydrogens is 190 g/mol. The highest BCUT2D eigenvalue weighted by atomic mass is 32.1. The molecule has 0 bridgehead atoms. The van der Waals surface area contributed by atoms with Crippen LogP contribution in [-0.4, -0.2) is 21.2 Å². The lowest BCUT2D eigenvalue weighted by molar-refractivity contribution is 0.0687. The second-order valence-corrected chi connectivity index (χ2v) is 3.41. The third-order valence-electron chi connectivity index (χ3n) is 1.69. The molecule has 0 fully saturated rings. The summed E-state index contributed by atoms with van der Waals surface area (Å²) in [7, 11) is 0. The molecule has 0 atom stereocenters. The maximum absolute atomic E-state index is 10.6. The van der Waals surface area contributed by atoms with E-state index >= 15 is 0 Å². The van der Waals surface area contributed by atoms with Crippen molar-refractivity contribution in [2.75, 3.05) is 0 Å². The molecule has 0 saturated heterocycles. The zero-order valence-corrected chi connectivity index (χ0v) is 7.21. The van der Waals surface area contributed by atoms with Gasteiger partial charge in [-0.2, -0.15) is 0 Å². The Labute approximate surface area is 77.1 Å². The van der Waals surface area contributed by atoms with Crippen molar-refractivity contribution in [1.29, 1.82) is 0 Å². The lowest BCUT2D eigenvalue weighted by atomic mass is 10.2. The SMILES string of the molecule is O=C(O)c1ncc2sccc2c1O. The molecule has 2 N–H and O–H groups in total. The van der Waals surface area contributed by atoms with Crippen LogP contribution in [-0.2, 0) is 0 Å². The highest BCUT2D eigenvalue weighted by Crippen LogP contribution is 2.30. The summed E-state index contributed by atoms with van der Waals surface area (Å²) in [6.07, 6.45) is 1.45. The van der Waals surface area contributed by atoms with E-state index in [2.05, 4.69) is 4.98 Å². The first-order chi connectivity index (χ1) is 6.20. The molecule has 2 aromatic heterocycles. The van der Waals surface area contributed by atoms with E-state index in [0.717, 1.165) is 4.70 Å². The zero-order valence-electron chi connectivity index (χ0n) is 6.39. The predicted molar refractivity (Wildman–Crippen MR) is 48.2 cm³/mol. The van der Waals surface area contributed by atoms with Crippen LogP contribution in [0.25, 0.3) is 10.1 Å². The molecule has 5 heteroatoms. The van der Waals surface area contributed by atoms with E-state index in [9.17, 15) is 9.90 Å². The summed E-state index contributed by atoms with van der Waals surface area (Å²) in [5.41, 5.74) is -0.300. The molecule has 13 heavy (non-hydrogen) atoms. The minimum Gasteiger partial charge on any atom is -0.505 e. The molecule has 0 amide bonds. The number of nitrogens with zero attached hydrogens (tertiary/aromatic N) is 1. The third-order valence-corrected chi connectivity index (χ3v) is 2.54. The van der Waals surface area contributed by atoms with Crippen LogP contribution in [0.5, 0.6) is 5.75 Å². The Bertz CT molecular complexity index is 477. The lowest BCUT2D eigenvalue weighted by Gasteiger charge is -1.98. The summed E-state index contributed by atoms with van der Waals surface area (Å²) in [6.45, 7) is 0. The van der Waals surface area contributed by atoms with E-state index in [4.69, 9.17) is 5.11 Å². The lowest BCUT2D eigenvalue weighted by Crippen LogP contribution is -1.99. The third kappa shape index (κ3) is 1.13. The number of aromatic carboxylic acids is 1. The minimum absolute atomic E-state index is 0.258. The normalized spacial score (nSPS) is 10.5. The second-order valence-electron chi connectivity index (χ2n) is 2.46. The molecule has 2 aromatic rings. The Balaban J connectivity index is 2.80. The van der Waals surface area contributed by atoms with Gasteiger partial charge in [-0.1, -0.05) is 0 Å². The number of pyridine rings is 1. The molecule has 0 saturated carbocycles. The number of thiophene rings is 1. The van der Waals surface area contributed by atoms with Gasteiger partial charge in [0.15, 0.2) is 11.4 Å². The van der Waals surface area contributed by atoms with Crippen molar-refractivity contribution in [1.82, 2.24) is 4.98 Å². The summed E-state index contributed by atoms with van der Waals surface area (Å²) in [5.74, 6) is -1.48. The highest BCUT2D eigenvalue weighted by molar-refractivity contribution is 7.17. The standard InChI is InChI=1S/C8H5NO3S/c10-7-4-1-2-13-5(4)3-9-6(7)8(11)12/h1-3,10H,(H,11,12). The largest absolute Gasteiger partial charge is 0.505 e. The van der Waals surface area contributed by atoms with Crippen LogP contribution in [0.4, 0.5) is 0 Å². The van der Waals surface area contributed by atoms with E-state index in [-0.39, 0.29) is 11.4 Å². The van der Waals surface area contributed by atoms with Crippen molar-refractivity contribution >= 4 is 27.4 Å². The van der Waals surface area contributed by atoms with Gasteiger partial charge in [0.2, 0.25) is 0 Å². The van der Waals surface area contributed by atoms with Crippen molar-refractivity contribution in [3.05, 3.63) is 23.3 Å². The first-order valence-corrected chi connectivity index (χ1v) is 4.36. The first kappa shape index (κ1) is 8.00. The van der Waals surface area contributed by atoms with Gasteiger partial charge in [-0.05, 0) is 11.4 Å². The van der Waals surface area contributed by atoms with Gasteiger partial charge < -0.3 is 10.2 Å². The molecule has 2 heterocycles. The van der Waals surface area contributed by atoms with Gasteiger partial charge in [-0.3, -0.25) is 0 Å². The summed E-state index contributed by atoms with van der Waals surface area (Å²) in [5, 5.41) is 20.4. The number of carboxylic acid groups (broad SMARTS) is 1. The molecule has 0 aliphatic heterocycles. The van der Waals surface area contributed by atoms with E-state index in [1.165, 1.54) is 17.5 Å². The van der Waals surface area contributed by atoms with E-state index in [1.54, 1.807) is 11.4 Å². The summed E-state index contributed by atoms with van der Waals surface area (Å²) in [6, 6.07) is 1.67. The number of carboxylic acids is 1. The molecule has 0 aliphatic rings. The van der Waals surface area contributed by atoms with Crippen LogP contribution in [0.2, 0.25) is 0 Å². The molecule has 0 aliphatic carbocycles. The number of aromatic nitrogens is 1. The van der Waals surface area contributed by atoms with Crippen LogP contribution < -0.4 is 0 Å². The first-order valence-electron chi connectivity index (χ1n) is 3.48. The number of aromatic hydroxyl groups is 1. The molecule has 0 unspecified atom stereocenters. The van der Waals surface area contributed by atoms with Crippen molar-refractivity contribution in [2.45, 2.75) is 0 Å². The predicted octanol–water partition coefficient (Wildman–Crippen LogP) is 1.70. The van der Waals surface area contributed by atoms with Crippen molar-refractivity contribution in [2.24, 2.45) is 0 Å². The average Bonchev–Trinajstić information content (AvgIpc) is 2.52. The molecule has 0 spiro atoms. The Morgan fingerprint density at radius 2 is 2.31 bits per heavy atom. The number of carbonyl (C=O) groups is 1. The second kappa shape index (κ2) is 2.70. The maximum atomic E-state index is 10.6. The van der Waals surface area contributed by atoms with Gasteiger partial charge >= 0.3 is 5.97 Å². The fourth-order valence-electron chi connectivity index (χ4n) is 1.08. The van der Waals surface area contributed by atoms with Crippen LogP contribution in [0, 0.1) is 0 Å². The van der Waals surface area contributed by atoms with Gasteiger partial charge in [0, 0.05) is 11.6 Å². The van der Waals surface area contributed by atoms with E-state index < -0.39 is 5.97 Å². The minimum atomic E-state index is -1.22. The summed E-state index contributed by atoms with van der Waals surface area (Å²) in [4.78, 5) is 14.2. The van der Waals surface area contributed by atoms with E-state index in [1.807, 2.05) is 0 Å². The Kier molecular flexibility index (Phi) is 1.66. The van der Waals surface area contributed by atoms with Crippen LogP contribution in [0.15, 0.2) is 17.6 Å². The molecule has 4 nitrogen and oxygen atoms in total. The Hall–Kier alpha value is -1.62. The Morgan fingerprint density at radius 1 is 1.54 bits per heavy atom. The number of rotatable bonds is 1. The topological polar surface area (TPSA) is 70.4 Å². The van der Waals surface area contributed by atoms with E-state index in [0.29, 0.717) is 5.39 Å². The van der Waals surface area contributed by atoms with Crippen molar-refractivity contribution in [3.8, 4) is 5.75 Å². The molecule has 0 aromatic carbocycles. The van der Waals surface area contributed by atoms with Crippen molar-refractivity contribution in [3.63, 3.8) is 0 Å². The van der Waals surface area contributed by atoms with Crippen LogP contribution >= 0.6 is 11.3 Å². The van der Waals surface area contributed by atoms with Gasteiger partial charge in [0.1, 0.15) is 0 Å². The van der Waals surface area contributed by atoms with Crippen LogP contribution in [0.3, 0.4) is 0 Å². The number of hydrogen-bond donors (Lipinski definition) is 2. The Morgan fingerprint density at radius 3 is 3.00 bits per heavy atom. The summed E-state index contributed by atoms with van der Waals surface area (Å²) < 4.78 is 0.780.